The monoisotopic (exact) mass is 549 g/mol. The number of nitrogens with zero attached hydrogens (tertiary/aromatic N) is 3. The van der Waals surface area contributed by atoms with Crippen molar-refractivity contribution in [1.82, 2.24) is 9.80 Å². The summed E-state index contributed by atoms with van der Waals surface area (Å²) in [6, 6.07) is 32.7. The highest BCUT2D eigenvalue weighted by molar-refractivity contribution is 7.12. The predicted octanol–water partition coefficient (Wildman–Crippen LogP) is 6.56. The van der Waals surface area contributed by atoms with Gasteiger partial charge in [-0.2, -0.15) is 0 Å². The van der Waals surface area contributed by atoms with E-state index in [1.54, 1.807) is 18.4 Å². The molecule has 3 heterocycles. The van der Waals surface area contributed by atoms with E-state index in [4.69, 9.17) is 9.73 Å². The molecular weight excluding hydrogens is 514 g/mol. The van der Waals surface area contributed by atoms with Crippen molar-refractivity contribution in [2.45, 2.75) is 30.7 Å². The Kier molecular flexibility index (Phi) is 7.80. The molecule has 0 bridgehead atoms. The zero-order valence-electron chi connectivity index (χ0n) is 22.9. The van der Waals surface area contributed by atoms with Gasteiger partial charge in [0.05, 0.1) is 12.0 Å². The second-order valence-corrected chi connectivity index (χ2v) is 11.5. The molecule has 0 radical (unpaired) electrons. The fraction of sp³-hybridized carbons (Fsp3) is 0.294. The van der Waals surface area contributed by atoms with Crippen molar-refractivity contribution in [3.8, 4) is 5.75 Å². The normalized spacial score (nSPS) is 17.7. The van der Waals surface area contributed by atoms with E-state index in [1.165, 1.54) is 5.56 Å². The molecule has 0 unspecified atom stereocenters. The number of aliphatic imine (C=N–C) groups is 1. The molecule has 2 aliphatic rings. The Morgan fingerprint density at radius 1 is 0.850 bits per heavy atom. The van der Waals surface area contributed by atoms with Gasteiger partial charge in [0.1, 0.15) is 11.6 Å². The second kappa shape index (κ2) is 11.8. The van der Waals surface area contributed by atoms with Crippen LogP contribution >= 0.6 is 11.3 Å². The molecule has 0 saturated carbocycles. The summed E-state index contributed by atoms with van der Waals surface area (Å²) >= 11 is 1.64. The van der Waals surface area contributed by atoms with E-state index in [1.807, 2.05) is 71.6 Å². The molecule has 0 atom stereocenters. The Labute approximate surface area is 240 Å². The quantitative estimate of drug-likeness (QED) is 0.238. The fourth-order valence-electron chi connectivity index (χ4n) is 6.08. The zero-order valence-corrected chi connectivity index (χ0v) is 23.7. The van der Waals surface area contributed by atoms with Crippen molar-refractivity contribution >= 4 is 23.1 Å². The van der Waals surface area contributed by atoms with Gasteiger partial charge in [-0.25, -0.2) is 4.99 Å². The van der Waals surface area contributed by atoms with Crippen LogP contribution in [0.5, 0.6) is 5.75 Å². The number of likely N-dealkylation sites (tertiary alicyclic amines) is 1. The summed E-state index contributed by atoms with van der Waals surface area (Å²) in [5, 5.41) is 2.05. The number of benzene rings is 3. The van der Waals surface area contributed by atoms with Crippen LogP contribution in [-0.2, 0) is 10.3 Å². The topological polar surface area (TPSA) is 45.1 Å². The molecule has 6 heteroatoms. The summed E-state index contributed by atoms with van der Waals surface area (Å²) in [5.74, 6) is 2.32. The number of amides is 1. The smallest absolute Gasteiger partial charge is 0.265 e. The standard InChI is InChI=1S/C34H35N3O2S/c1-39-30-17-15-26(16-18-30)27-19-23-36(24-20-27)21-9-22-37-32(31-14-8-25-40-31)35-34(33(37)38,28-10-4-2-5-11-28)29-12-6-3-7-13-29/h2-8,10-18,25,27H,9,19-24H2,1H3. The van der Waals surface area contributed by atoms with Gasteiger partial charge in [0.25, 0.3) is 5.91 Å². The molecule has 0 spiro atoms. The summed E-state index contributed by atoms with van der Waals surface area (Å²) in [7, 11) is 1.71. The van der Waals surface area contributed by atoms with Gasteiger partial charge in [0, 0.05) is 6.54 Å². The van der Waals surface area contributed by atoms with Crippen LogP contribution in [0.15, 0.2) is 107 Å². The van der Waals surface area contributed by atoms with Crippen LogP contribution in [0, 0.1) is 0 Å². The van der Waals surface area contributed by atoms with E-state index < -0.39 is 5.54 Å². The number of hydrogen-bond acceptors (Lipinski definition) is 5. The van der Waals surface area contributed by atoms with Gasteiger partial charge in [-0.1, -0.05) is 78.9 Å². The van der Waals surface area contributed by atoms with E-state index in [-0.39, 0.29) is 5.91 Å². The average molecular weight is 550 g/mol. The highest BCUT2D eigenvalue weighted by atomic mass is 32.1. The lowest BCUT2D eigenvalue weighted by Crippen LogP contribution is -2.43. The third-order valence-corrected chi connectivity index (χ3v) is 9.11. The van der Waals surface area contributed by atoms with Gasteiger partial charge < -0.3 is 9.64 Å². The van der Waals surface area contributed by atoms with Crippen LogP contribution in [0.25, 0.3) is 0 Å². The minimum absolute atomic E-state index is 0.0338. The number of rotatable bonds is 9. The number of ether oxygens (including phenoxy) is 1. The Hall–Kier alpha value is -3.74. The van der Waals surface area contributed by atoms with Crippen LogP contribution in [0.4, 0.5) is 0 Å². The van der Waals surface area contributed by atoms with Gasteiger partial charge in [-0.3, -0.25) is 9.69 Å². The molecule has 5 nitrogen and oxygen atoms in total. The van der Waals surface area contributed by atoms with E-state index in [9.17, 15) is 4.79 Å². The van der Waals surface area contributed by atoms with Gasteiger partial charge >= 0.3 is 0 Å². The van der Waals surface area contributed by atoms with Gasteiger partial charge in [0.15, 0.2) is 5.54 Å². The first-order valence-corrected chi connectivity index (χ1v) is 15.0. The Balaban J connectivity index is 1.18. The lowest BCUT2D eigenvalue weighted by molar-refractivity contribution is -0.130. The largest absolute Gasteiger partial charge is 0.497 e. The van der Waals surface area contributed by atoms with Crippen molar-refractivity contribution in [2.24, 2.45) is 4.99 Å². The van der Waals surface area contributed by atoms with Gasteiger partial charge in [0.2, 0.25) is 0 Å². The van der Waals surface area contributed by atoms with Crippen molar-refractivity contribution in [1.29, 1.82) is 0 Å². The molecule has 2 aliphatic heterocycles. The number of amidine groups is 1. The maximum absolute atomic E-state index is 14.5. The Bertz CT molecular complexity index is 1390. The molecule has 0 aliphatic carbocycles. The van der Waals surface area contributed by atoms with Crippen LogP contribution in [-0.4, -0.2) is 54.8 Å². The summed E-state index contributed by atoms with van der Waals surface area (Å²) < 4.78 is 5.32. The number of carbonyl (C=O) groups excluding carboxylic acids is 1. The summed E-state index contributed by atoms with van der Waals surface area (Å²) in [4.78, 5) is 25.2. The minimum Gasteiger partial charge on any atom is -0.497 e. The van der Waals surface area contributed by atoms with Crippen LogP contribution < -0.4 is 4.74 Å². The second-order valence-electron chi connectivity index (χ2n) is 10.6. The number of hydrogen-bond donors (Lipinski definition) is 0. The summed E-state index contributed by atoms with van der Waals surface area (Å²) in [6.45, 7) is 3.78. The first kappa shape index (κ1) is 26.5. The Morgan fingerprint density at radius 2 is 1.50 bits per heavy atom. The highest BCUT2D eigenvalue weighted by Crippen LogP contribution is 2.41. The molecule has 3 aromatic carbocycles. The molecule has 6 rings (SSSR count). The SMILES string of the molecule is COc1ccc(C2CCN(CCCN3C(=O)C(c4ccccc4)(c4ccccc4)N=C3c3cccs3)CC2)cc1. The van der Waals surface area contributed by atoms with Crippen LogP contribution in [0.2, 0.25) is 0 Å². The molecular formula is C34H35N3O2S. The summed E-state index contributed by atoms with van der Waals surface area (Å²) in [5.41, 5.74) is 2.14. The first-order valence-electron chi connectivity index (χ1n) is 14.1. The molecule has 40 heavy (non-hydrogen) atoms. The van der Waals surface area contributed by atoms with Crippen molar-refractivity contribution in [2.75, 3.05) is 33.3 Å². The van der Waals surface area contributed by atoms with Crippen LogP contribution in [0.3, 0.4) is 0 Å². The van der Waals surface area contributed by atoms with Gasteiger partial charge in [-0.15, -0.1) is 11.3 Å². The van der Waals surface area contributed by atoms with Crippen LogP contribution in [0.1, 0.15) is 46.7 Å². The molecule has 1 aromatic heterocycles. The molecule has 1 saturated heterocycles. The van der Waals surface area contributed by atoms with Crippen molar-refractivity contribution < 1.29 is 9.53 Å². The van der Waals surface area contributed by atoms with E-state index in [0.29, 0.717) is 12.5 Å². The average Bonchev–Trinajstić information content (AvgIpc) is 3.66. The lowest BCUT2D eigenvalue weighted by atomic mass is 9.83. The Morgan fingerprint density at radius 3 is 2.08 bits per heavy atom. The zero-order chi connectivity index (χ0) is 27.4. The van der Waals surface area contributed by atoms with Gasteiger partial charge in [-0.05, 0) is 85.1 Å². The molecule has 204 valence electrons. The molecule has 1 amide bonds. The lowest BCUT2D eigenvalue weighted by Gasteiger charge is -2.33. The number of methoxy groups -OCH3 is 1. The van der Waals surface area contributed by atoms with E-state index in [0.717, 1.165) is 66.5 Å². The maximum Gasteiger partial charge on any atom is 0.265 e. The van der Waals surface area contributed by atoms with Crippen molar-refractivity contribution in [3.05, 3.63) is 124 Å². The predicted molar refractivity (Wildman–Crippen MR) is 162 cm³/mol. The summed E-state index contributed by atoms with van der Waals surface area (Å²) in [6.07, 6.45) is 3.22. The number of thiophene rings is 1. The number of carbonyl (C=O) groups is 1. The molecule has 4 aromatic rings. The maximum atomic E-state index is 14.5. The fourth-order valence-corrected chi connectivity index (χ4v) is 6.80. The number of piperidine rings is 1. The van der Waals surface area contributed by atoms with Crippen molar-refractivity contribution in [3.63, 3.8) is 0 Å². The van der Waals surface area contributed by atoms with E-state index >= 15 is 0 Å². The minimum atomic E-state index is -1.07. The first-order chi connectivity index (χ1) is 19.7. The molecule has 0 N–H and O–H groups in total. The molecule has 1 fully saturated rings. The third-order valence-electron chi connectivity index (χ3n) is 8.24. The highest BCUT2D eigenvalue weighted by Gasteiger charge is 2.51. The van der Waals surface area contributed by atoms with E-state index in [2.05, 4.69) is 40.6 Å². The third kappa shape index (κ3) is 5.09.